The molecule has 2 aliphatic rings. The summed E-state index contributed by atoms with van der Waals surface area (Å²) in [6.45, 7) is 9.61. The summed E-state index contributed by atoms with van der Waals surface area (Å²) in [6, 6.07) is 16.6. The van der Waals surface area contributed by atoms with E-state index in [2.05, 4.69) is 72.9 Å². The first-order valence-electron chi connectivity index (χ1n) is 14.8. The minimum atomic E-state index is -0.652. The Morgan fingerprint density at radius 2 is 1.58 bits per heavy atom. The van der Waals surface area contributed by atoms with Crippen LogP contribution in [-0.2, 0) is 33.5 Å². The summed E-state index contributed by atoms with van der Waals surface area (Å²) in [7, 11) is 0. The van der Waals surface area contributed by atoms with Gasteiger partial charge in [0, 0.05) is 43.2 Å². The highest BCUT2D eigenvalue weighted by Crippen LogP contribution is 2.36. The number of nitrogens with one attached hydrogen (secondary N) is 3. The van der Waals surface area contributed by atoms with Crippen molar-refractivity contribution in [3.63, 3.8) is 0 Å². The number of benzene rings is 2. The van der Waals surface area contributed by atoms with Crippen LogP contribution in [0.25, 0.3) is 0 Å². The lowest BCUT2D eigenvalue weighted by Crippen LogP contribution is -2.52. The summed E-state index contributed by atoms with van der Waals surface area (Å²) in [5.41, 5.74) is 5.40. The Bertz CT molecular complexity index is 1530. The van der Waals surface area contributed by atoms with Crippen LogP contribution in [0.4, 0.5) is 10.5 Å². The third-order valence-electron chi connectivity index (χ3n) is 8.80. The van der Waals surface area contributed by atoms with Crippen LogP contribution in [-0.4, -0.2) is 39.7 Å². The summed E-state index contributed by atoms with van der Waals surface area (Å²) in [4.78, 5) is 55.0. The van der Waals surface area contributed by atoms with Crippen LogP contribution >= 0.6 is 0 Å². The van der Waals surface area contributed by atoms with Crippen LogP contribution in [0.2, 0.25) is 0 Å². The average Bonchev–Trinajstić information content (AvgIpc) is 3.31. The SMILES string of the molecule is CC(C)(CCC(C)(C)c1ccc(NC(=O)NCc2ccc3c(c2)CN(C2CCC(=O)NC2=O)C3=O)cc1)c1ccncc1. The van der Waals surface area contributed by atoms with Crippen LogP contribution in [0.15, 0.2) is 67.0 Å². The molecule has 2 aliphatic heterocycles. The van der Waals surface area contributed by atoms with Crippen molar-refractivity contribution in [3.05, 3.63) is 94.8 Å². The van der Waals surface area contributed by atoms with E-state index in [9.17, 15) is 19.2 Å². The maximum absolute atomic E-state index is 12.9. The first-order chi connectivity index (χ1) is 20.4. The van der Waals surface area contributed by atoms with E-state index in [0.717, 1.165) is 24.0 Å². The summed E-state index contributed by atoms with van der Waals surface area (Å²) in [5.74, 6) is -0.961. The van der Waals surface area contributed by atoms with Crippen molar-refractivity contribution in [2.75, 3.05) is 5.32 Å². The number of urea groups is 1. The van der Waals surface area contributed by atoms with Gasteiger partial charge in [-0.2, -0.15) is 0 Å². The highest BCUT2D eigenvalue weighted by Gasteiger charge is 2.39. The molecule has 5 amide bonds. The van der Waals surface area contributed by atoms with E-state index in [1.165, 1.54) is 16.0 Å². The normalized spacial score (nSPS) is 17.0. The Hall–Kier alpha value is -4.53. The number of carbonyl (C=O) groups excluding carboxylic acids is 4. The molecule has 0 bridgehead atoms. The molecule has 1 unspecified atom stereocenters. The monoisotopic (exact) mass is 581 g/mol. The van der Waals surface area contributed by atoms with Crippen molar-refractivity contribution in [1.29, 1.82) is 0 Å². The first kappa shape index (κ1) is 29.9. The summed E-state index contributed by atoms with van der Waals surface area (Å²) in [6.07, 6.45) is 6.26. The Labute approximate surface area is 252 Å². The van der Waals surface area contributed by atoms with Crippen LogP contribution in [0.5, 0.6) is 0 Å². The lowest BCUT2D eigenvalue weighted by atomic mass is 9.73. The fourth-order valence-corrected chi connectivity index (χ4v) is 5.82. The van der Waals surface area contributed by atoms with E-state index < -0.39 is 11.9 Å². The van der Waals surface area contributed by atoms with E-state index in [0.29, 0.717) is 24.2 Å². The second kappa shape index (κ2) is 12.0. The summed E-state index contributed by atoms with van der Waals surface area (Å²) in [5, 5.41) is 8.09. The second-order valence-electron chi connectivity index (χ2n) is 12.8. The number of amides is 5. The molecule has 9 nitrogen and oxygen atoms in total. The Morgan fingerprint density at radius 3 is 2.23 bits per heavy atom. The predicted molar refractivity (Wildman–Crippen MR) is 164 cm³/mol. The Kier molecular flexibility index (Phi) is 8.35. The number of aromatic nitrogens is 1. The molecule has 9 heteroatoms. The number of carbonyl (C=O) groups is 4. The largest absolute Gasteiger partial charge is 0.334 e. The fourth-order valence-electron chi connectivity index (χ4n) is 5.82. The van der Waals surface area contributed by atoms with Gasteiger partial charge in [0.15, 0.2) is 0 Å². The lowest BCUT2D eigenvalue weighted by Gasteiger charge is -2.32. The molecule has 5 rings (SSSR count). The van der Waals surface area contributed by atoms with E-state index in [1.807, 2.05) is 30.6 Å². The number of pyridine rings is 1. The van der Waals surface area contributed by atoms with Crippen molar-refractivity contribution in [2.24, 2.45) is 0 Å². The number of imide groups is 1. The third-order valence-corrected chi connectivity index (χ3v) is 8.80. The van der Waals surface area contributed by atoms with Gasteiger partial charge in [-0.3, -0.25) is 24.7 Å². The number of anilines is 1. The second-order valence-corrected chi connectivity index (χ2v) is 12.8. The fraction of sp³-hybridized carbons (Fsp3) is 0.382. The first-order valence-corrected chi connectivity index (χ1v) is 14.8. The molecule has 3 heterocycles. The molecule has 1 fully saturated rings. The van der Waals surface area contributed by atoms with Crippen LogP contribution < -0.4 is 16.0 Å². The van der Waals surface area contributed by atoms with Crippen LogP contribution in [0.1, 0.15) is 86.0 Å². The Morgan fingerprint density at radius 1 is 0.930 bits per heavy atom. The molecule has 2 aromatic carbocycles. The van der Waals surface area contributed by atoms with E-state index in [1.54, 1.807) is 12.1 Å². The molecule has 1 aromatic heterocycles. The van der Waals surface area contributed by atoms with Crippen LogP contribution in [0.3, 0.4) is 0 Å². The number of hydrogen-bond donors (Lipinski definition) is 3. The maximum Gasteiger partial charge on any atom is 0.319 e. The van der Waals surface area contributed by atoms with Gasteiger partial charge in [-0.05, 0) is 82.7 Å². The van der Waals surface area contributed by atoms with E-state index >= 15 is 0 Å². The van der Waals surface area contributed by atoms with Gasteiger partial charge in [0.2, 0.25) is 11.8 Å². The highest BCUT2D eigenvalue weighted by atomic mass is 16.2. The maximum atomic E-state index is 12.9. The number of fused-ring (bicyclic) bond motifs is 1. The zero-order chi connectivity index (χ0) is 30.8. The zero-order valence-corrected chi connectivity index (χ0v) is 25.2. The van der Waals surface area contributed by atoms with Gasteiger partial charge in [0.05, 0.1) is 0 Å². The van der Waals surface area contributed by atoms with Gasteiger partial charge in [-0.1, -0.05) is 52.0 Å². The predicted octanol–water partition coefficient (Wildman–Crippen LogP) is 5.20. The topological polar surface area (TPSA) is 120 Å². The molecule has 43 heavy (non-hydrogen) atoms. The van der Waals surface area contributed by atoms with Crippen molar-refractivity contribution in [2.45, 2.75) is 83.3 Å². The molecule has 1 saturated heterocycles. The highest BCUT2D eigenvalue weighted by molar-refractivity contribution is 6.05. The van der Waals surface area contributed by atoms with Gasteiger partial charge in [0.25, 0.3) is 5.91 Å². The molecule has 224 valence electrons. The molecular weight excluding hydrogens is 542 g/mol. The molecule has 3 aromatic rings. The summed E-state index contributed by atoms with van der Waals surface area (Å²) < 4.78 is 0. The average molecular weight is 582 g/mol. The number of piperidine rings is 1. The van der Waals surface area contributed by atoms with Gasteiger partial charge < -0.3 is 15.5 Å². The standard InChI is InChI=1S/C34H39N5O4/c1-33(2,15-16-34(3,4)25-13-17-35-18-14-25)24-6-8-26(9-7-24)37-32(43)36-20-22-5-10-27-23(19-22)21-39(31(27)42)28-11-12-29(40)38-30(28)41/h5-10,13-14,17-19,28H,11-12,15-16,20-21H2,1-4H3,(H2,36,37,43)(H,38,40,41). The smallest absolute Gasteiger partial charge is 0.319 e. The van der Waals surface area contributed by atoms with Gasteiger partial charge in [-0.25, -0.2) is 4.79 Å². The van der Waals surface area contributed by atoms with Gasteiger partial charge in [-0.15, -0.1) is 0 Å². The Balaban J connectivity index is 1.13. The quantitative estimate of drug-likeness (QED) is 0.300. The van der Waals surface area contributed by atoms with Crippen molar-refractivity contribution >= 4 is 29.4 Å². The molecule has 3 N–H and O–H groups in total. The molecular formula is C34H39N5O4. The number of rotatable bonds is 9. The molecule has 0 spiro atoms. The number of nitrogens with zero attached hydrogens (tertiary/aromatic N) is 2. The summed E-state index contributed by atoms with van der Waals surface area (Å²) >= 11 is 0. The van der Waals surface area contributed by atoms with E-state index in [-0.39, 0.29) is 41.6 Å². The molecule has 1 atom stereocenters. The van der Waals surface area contributed by atoms with Crippen LogP contribution in [0, 0.1) is 0 Å². The third kappa shape index (κ3) is 6.77. The minimum absolute atomic E-state index is 0.0339. The lowest BCUT2D eigenvalue weighted by molar-refractivity contribution is -0.136. The van der Waals surface area contributed by atoms with Crippen molar-refractivity contribution in [1.82, 2.24) is 20.5 Å². The number of hydrogen-bond acceptors (Lipinski definition) is 5. The molecule has 0 aliphatic carbocycles. The van der Waals surface area contributed by atoms with Gasteiger partial charge in [0.1, 0.15) is 6.04 Å². The van der Waals surface area contributed by atoms with Gasteiger partial charge >= 0.3 is 6.03 Å². The van der Waals surface area contributed by atoms with E-state index in [4.69, 9.17) is 0 Å². The zero-order valence-electron chi connectivity index (χ0n) is 25.2. The minimum Gasteiger partial charge on any atom is -0.334 e. The molecule has 0 saturated carbocycles. The molecule has 0 radical (unpaired) electrons. The van der Waals surface area contributed by atoms with Crippen molar-refractivity contribution in [3.8, 4) is 0 Å². The van der Waals surface area contributed by atoms with Crippen molar-refractivity contribution < 1.29 is 19.2 Å².